The van der Waals surface area contributed by atoms with Gasteiger partial charge >= 0.3 is 0 Å². The van der Waals surface area contributed by atoms with E-state index in [1.165, 1.54) is 5.56 Å². The predicted octanol–water partition coefficient (Wildman–Crippen LogP) is 3.65. The molecule has 148 valence electrons. The first kappa shape index (κ1) is 20.1. The lowest BCUT2D eigenvalue weighted by Gasteiger charge is -2.31. The van der Waals surface area contributed by atoms with E-state index in [2.05, 4.69) is 22.6 Å². The van der Waals surface area contributed by atoms with Crippen molar-refractivity contribution in [3.63, 3.8) is 0 Å². The van der Waals surface area contributed by atoms with Crippen molar-refractivity contribution in [2.24, 2.45) is 5.92 Å². The Bertz CT molecular complexity index is 848. The van der Waals surface area contributed by atoms with Gasteiger partial charge in [0.25, 0.3) is 0 Å². The van der Waals surface area contributed by atoms with Crippen LogP contribution in [0.25, 0.3) is 0 Å². The van der Waals surface area contributed by atoms with Gasteiger partial charge in [0.15, 0.2) is 0 Å². The number of benzene rings is 1. The first-order valence-electron chi connectivity index (χ1n) is 9.74. The molecule has 1 aromatic heterocycles. The third-order valence-electron chi connectivity index (χ3n) is 5.45. The highest BCUT2D eigenvalue weighted by molar-refractivity contribution is 7.89. The predicted molar refractivity (Wildman–Crippen MR) is 107 cm³/mol. The SMILES string of the molecule is CCc1ccc(S(=O)(=O)NCC2CCN(Cc3cc(C)oc3C)CC2)cc1. The minimum absolute atomic E-state index is 0.350. The summed E-state index contributed by atoms with van der Waals surface area (Å²) in [5.41, 5.74) is 2.39. The topological polar surface area (TPSA) is 62.6 Å². The zero-order chi connectivity index (χ0) is 19.4. The van der Waals surface area contributed by atoms with Gasteiger partial charge in [0, 0.05) is 18.7 Å². The van der Waals surface area contributed by atoms with Crippen LogP contribution in [-0.2, 0) is 23.0 Å². The molecule has 1 aliphatic heterocycles. The van der Waals surface area contributed by atoms with Gasteiger partial charge in [0.1, 0.15) is 11.5 Å². The van der Waals surface area contributed by atoms with E-state index in [9.17, 15) is 8.42 Å². The molecule has 0 bridgehead atoms. The molecule has 0 unspecified atom stereocenters. The molecule has 0 atom stereocenters. The molecule has 0 amide bonds. The largest absolute Gasteiger partial charge is 0.466 e. The Morgan fingerprint density at radius 1 is 1.15 bits per heavy atom. The van der Waals surface area contributed by atoms with Gasteiger partial charge in [-0.05, 0) is 75.9 Å². The standard InChI is InChI=1S/C21H30N2O3S/c1-4-18-5-7-21(8-6-18)27(24,25)22-14-19-9-11-23(12-10-19)15-20-13-16(2)26-17(20)3/h5-8,13,19,22H,4,9-12,14-15H2,1-3H3. The molecule has 0 radical (unpaired) electrons. The Hall–Kier alpha value is -1.63. The second-order valence-corrected chi connectivity index (χ2v) is 9.27. The third kappa shape index (κ3) is 5.21. The summed E-state index contributed by atoms with van der Waals surface area (Å²) in [6.45, 7) is 9.44. The van der Waals surface area contributed by atoms with Crippen molar-refractivity contribution in [2.75, 3.05) is 19.6 Å². The van der Waals surface area contributed by atoms with Gasteiger partial charge in [-0.15, -0.1) is 0 Å². The molecule has 1 N–H and O–H groups in total. The normalized spacial score (nSPS) is 16.7. The zero-order valence-electron chi connectivity index (χ0n) is 16.5. The molecule has 1 fully saturated rings. The summed E-state index contributed by atoms with van der Waals surface area (Å²) in [5, 5.41) is 0. The molecular formula is C21H30N2O3S. The summed E-state index contributed by atoms with van der Waals surface area (Å²) >= 11 is 0. The van der Waals surface area contributed by atoms with Crippen molar-refractivity contribution in [1.29, 1.82) is 0 Å². The molecule has 2 heterocycles. The lowest BCUT2D eigenvalue weighted by molar-refractivity contribution is 0.178. The van der Waals surface area contributed by atoms with Crippen molar-refractivity contribution in [2.45, 2.75) is 51.5 Å². The quantitative estimate of drug-likeness (QED) is 0.784. The second-order valence-electron chi connectivity index (χ2n) is 7.51. The summed E-state index contributed by atoms with van der Waals surface area (Å²) in [7, 11) is -3.43. The Morgan fingerprint density at radius 3 is 2.37 bits per heavy atom. The first-order chi connectivity index (χ1) is 12.9. The maximum Gasteiger partial charge on any atom is 0.240 e. The molecule has 5 nitrogen and oxygen atoms in total. The average molecular weight is 391 g/mol. The number of nitrogens with zero attached hydrogens (tertiary/aromatic N) is 1. The number of aryl methyl sites for hydroxylation is 3. The van der Waals surface area contributed by atoms with Crippen LogP contribution in [0.1, 0.15) is 42.4 Å². The number of rotatable bonds is 7. The van der Waals surface area contributed by atoms with Crippen LogP contribution in [0.15, 0.2) is 39.6 Å². The van der Waals surface area contributed by atoms with Crippen LogP contribution < -0.4 is 4.72 Å². The van der Waals surface area contributed by atoms with Crippen LogP contribution in [0.3, 0.4) is 0 Å². The van der Waals surface area contributed by atoms with E-state index in [0.29, 0.717) is 17.4 Å². The minimum atomic E-state index is -3.43. The van der Waals surface area contributed by atoms with E-state index in [-0.39, 0.29) is 0 Å². The number of likely N-dealkylation sites (tertiary alicyclic amines) is 1. The van der Waals surface area contributed by atoms with Gasteiger partial charge in [-0.25, -0.2) is 13.1 Å². The number of piperidine rings is 1. The molecule has 27 heavy (non-hydrogen) atoms. The number of sulfonamides is 1. The Kier molecular flexibility index (Phi) is 6.40. The van der Waals surface area contributed by atoms with Crippen LogP contribution in [-0.4, -0.2) is 33.0 Å². The summed E-state index contributed by atoms with van der Waals surface area (Å²) in [5.74, 6) is 2.34. The molecule has 3 rings (SSSR count). The molecule has 0 saturated carbocycles. The fourth-order valence-electron chi connectivity index (χ4n) is 3.65. The van der Waals surface area contributed by atoms with E-state index >= 15 is 0 Å². The monoisotopic (exact) mass is 390 g/mol. The van der Waals surface area contributed by atoms with E-state index in [1.807, 2.05) is 26.0 Å². The highest BCUT2D eigenvalue weighted by Crippen LogP contribution is 2.22. The molecule has 0 spiro atoms. The summed E-state index contributed by atoms with van der Waals surface area (Å²) < 4.78 is 33.4. The van der Waals surface area contributed by atoms with Crippen LogP contribution in [0.2, 0.25) is 0 Å². The Balaban J connectivity index is 1.48. The van der Waals surface area contributed by atoms with Crippen LogP contribution in [0.4, 0.5) is 0 Å². The molecule has 6 heteroatoms. The fraction of sp³-hybridized carbons (Fsp3) is 0.524. The molecule has 1 aliphatic rings. The van der Waals surface area contributed by atoms with Crippen molar-refractivity contribution in [3.8, 4) is 0 Å². The molecule has 0 aliphatic carbocycles. The highest BCUT2D eigenvalue weighted by Gasteiger charge is 2.22. The van der Waals surface area contributed by atoms with E-state index < -0.39 is 10.0 Å². The van der Waals surface area contributed by atoms with Gasteiger partial charge in [-0.2, -0.15) is 0 Å². The van der Waals surface area contributed by atoms with Crippen molar-refractivity contribution in [3.05, 3.63) is 53.0 Å². The fourth-order valence-corrected chi connectivity index (χ4v) is 4.76. The smallest absolute Gasteiger partial charge is 0.240 e. The maximum absolute atomic E-state index is 12.5. The maximum atomic E-state index is 12.5. The van der Waals surface area contributed by atoms with Crippen LogP contribution >= 0.6 is 0 Å². The zero-order valence-corrected chi connectivity index (χ0v) is 17.3. The van der Waals surface area contributed by atoms with E-state index in [1.54, 1.807) is 12.1 Å². The summed E-state index contributed by atoms with van der Waals surface area (Å²) in [6.07, 6.45) is 2.92. The van der Waals surface area contributed by atoms with E-state index in [0.717, 1.165) is 56.0 Å². The van der Waals surface area contributed by atoms with Gasteiger partial charge in [0.05, 0.1) is 4.90 Å². The number of hydrogen-bond donors (Lipinski definition) is 1. The van der Waals surface area contributed by atoms with Crippen molar-refractivity contribution in [1.82, 2.24) is 9.62 Å². The number of hydrogen-bond acceptors (Lipinski definition) is 4. The van der Waals surface area contributed by atoms with Gasteiger partial charge in [0.2, 0.25) is 10.0 Å². The number of furan rings is 1. The molecule has 1 aromatic carbocycles. The minimum Gasteiger partial charge on any atom is -0.466 e. The third-order valence-corrected chi connectivity index (χ3v) is 6.89. The van der Waals surface area contributed by atoms with Crippen molar-refractivity contribution < 1.29 is 12.8 Å². The van der Waals surface area contributed by atoms with Crippen LogP contribution in [0.5, 0.6) is 0 Å². The summed E-state index contributed by atoms with van der Waals surface area (Å²) in [4.78, 5) is 2.77. The molecule has 2 aromatic rings. The molecular weight excluding hydrogens is 360 g/mol. The average Bonchev–Trinajstić information content (AvgIpc) is 2.98. The second kappa shape index (κ2) is 8.59. The van der Waals surface area contributed by atoms with Crippen molar-refractivity contribution >= 4 is 10.0 Å². The van der Waals surface area contributed by atoms with Crippen LogP contribution in [0, 0.1) is 19.8 Å². The van der Waals surface area contributed by atoms with E-state index in [4.69, 9.17) is 4.42 Å². The molecule has 1 saturated heterocycles. The van der Waals surface area contributed by atoms with Gasteiger partial charge in [-0.1, -0.05) is 19.1 Å². The lowest BCUT2D eigenvalue weighted by Crippen LogP contribution is -2.38. The first-order valence-corrected chi connectivity index (χ1v) is 11.2. The summed E-state index contributed by atoms with van der Waals surface area (Å²) in [6, 6.07) is 9.26. The highest BCUT2D eigenvalue weighted by atomic mass is 32.2. The lowest BCUT2D eigenvalue weighted by atomic mass is 9.97. The Labute approximate surface area is 162 Å². The number of nitrogens with one attached hydrogen (secondary N) is 1. The Morgan fingerprint density at radius 2 is 1.81 bits per heavy atom. The van der Waals surface area contributed by atoms with Gasteiger partial charge in [-0.3, -0.25) is 4.90 Å². The van der Waals surface area contributed by atoms with Gasteiger partial charge < -0.3 is 4.42 Å².